The summed E-state index contributed by atoms with van der Waals surface area (Å²) < 4.78 is 0. The second kappa shape index (κ2) is 10.5. The third kappa shape index (κ3) is 7.03. The first kappa shape index (κ1) is 21.5. The summed E-state index contributed by atoms with van der Waals surface area (Å²) in [5.41, 5.74) is 1.32. The molecule has 2 rings (SSSR count). The zero-order chi connectivity index (χ0) is 19.8. The maximum absolute atomic E-state index is 12.3. The Labute approximate surface area is 173 Å². The molecule has 0 radical (unpaired) electrons. The zero-order valence-electron chi connectivity index (χ0n) is 14.8. The van der Waals surface area contributed by atoms with Crippen LogP contribution in [0.4, 0.5) is 5.69 Å². The second-order valence-corrected chi connectivity index (χ2v) is 7.10. The fourth-order valence-corrected chi connectivity index (χ4v) is 2.96. The van der Waals surface area contributed by atoms with E-state index in [0.717, 1.165) is 5.56 Å². The molecule has 0 fully saturated rings. The van der Waals surface area contributed by atoms with E-state index < -0.39 is 0 Å². The first-order valence-corrected chi connectivity index (χ1v) is 9.49. The van der Waals surface area contributed by atoms with E-state index in [4.69, 9.17) is 34.8 Å². The largest absolute Gasteiger partial charge is 0.351 e. The van der Waals surface area contributed by atoms with Crippen molar-refractivity contribution in [2.45, 2.75) is 13.5 Å². The highest BCUT2D eigenvalue weighted by Gasteiger charge is 2.15. The van der Waals surface area contributed by atoms with Crippen LogP contribution in [0.5, 0.6) is 0 Å². The van der Waals surface area contributed by atoms with Crippen molar-refractivity contribution in [1.82, 2.24) is 10.2 Å². The number of hydrogen-bond donors (Lipinski definition) is 2. The third-order valence-electron chi connectivity index (χ3n) is 3.81. The Morgan fingerprint density at radius 3 is 2.11 bits per heavy atom. The molecule has 0 bridgehead atoms. The molecule has 2 amide bonds. The lowest BCUT2D eigenvalue weighted by atomic mass is 10.2. The van der Waals surface area contributed by atoms with Crippen molar-refractivity contribution in [3.8, 4) is 0 Å². The van der Waals surface area contributed by atoms with Crippen molar-refractivity contribution in [2.75, 3.05) is 25.0 Å². The van der Waals surface area contributed by atoms with Gasteiger partial charge in [-0.1, -0.05) is 59.9 Å². The fraction of sp³-hybridized carbons (Fsp3) is 0.263. The highest BCUT2D eigenvalue weighted by Crippen LogP contribution is 2.29. The van der Waals surface area contributed by atoms with Gasteiger partial charge in [-0.15, -0.1) is 0 Å². The van der Waals surface area contributed by atoms with E-state index in [-0.39, 0.29) is 24.9 Å². The molecule has 2 N–H and O–H groups in total. The second-order valence-electron chi connectivity index (χ2n) is 5.85. The van der Waals surface area contributed by atoms with Crippen LogP contribution in [0.1, 0.15) is 12.5 Å². The van der Waals surface area contributed by atoms with E-state index in [2.05, 4.69) is 10.6 Å². The van der Waals surface area contributed by atoms with Crippen molar-refractivity contribution in [1.29, 1.82) is 0 Å². The molecule has 27 heavy (non-hydrogen) atoms. The normalized spacial score (nSPS) is 10.7. The molecule has 0 spiro atoms. The lowest BCUT2D eigenvalue weighted by molar-refractivity contribution is -0.123. The summed E-state index contributed by atoms with van der Waals surface area (Å²) in [4.78, 5) is 26.1. The zero-order valence-corrected chi connectivity index (χ0v) is 17.0. The summed E-state index contributed by atoms with van der Waals surface area (Å²) in [5.74, 6) is -0.465. The van der Waals surface area contributed by atoms with Crippen LogP contribution < -0.4 is 10.6 Å². The molecular weight excluding hydrogens is 409 g/mol. The molecule has 0 atom stereocenters. The van der Waals surface area contributed by atoms with E-state index in [1.54, 1.807) is 35.2 Å². The van der Waals surface area contributed by atoms with E-state index >= 15 is 0 Å². The lowest BCUT2D eigenvalue weighted by Gasteiger charge is -2.20. The third-order valence-corrected chi connectivity index (χ3v) is 4.69. The van der Waals surface area contributed by atoms with Gasteiger partial charge in [0.25, 0.3) is 0 Å². The Hall–Kier alpha value is -1.79. The summed E-state index contributed by atoms with van der Waals surface area (Å²) in [7, 11) is 0. The number of benzene rings is 2. The van der Waals surface area contributed by atoms with Gasteiger partial charge in [0.05, 0.1) is 28.8 Å². The molecule has 144 valence electrons. The summed E-state index contributed by atoms with van der Waals surface area (Å²) in [6.45, 7) is 2.97. The number of para-hydroxylation sites is 1. The molecule has 0 aliphatic heterocycles. The van der Waals surface area contributed by atoms with Crippen molar-refractivity contribution in [2.24, 2.45) is 0 Å². The maximum atomic E-state index is 12.3. The van der Waals surface area contributed by atoms with Gasteiger partial charge in [-0.25, -0.2) is 0 Å². The molecule has 0 aliphatic rings. The van der Waals surface area contributed by atoms with Gasteiger partial charge in [-0.05, 0) is 36.4 Å². The minimum atomic E-state index is -0.294. The Morgan fingerprint density at radius 2 is 1.52 bits per heavy atom. The predicted molar refractivity (Wildman–Crippen MR) is 111 cm³/mol. The predicted octanol–water partition coefficient (Wildman–Crippen LogP) is 4.22. The number of rotatable bonds is 8. The number of likely N-dealkylation sites (N-methyl/N-ethyl adjacent to an activating group) is 1. The standard InChI is InChI=1S/C19H20Cl3N3O2/c1-2-25(11-17(26)23-10-13-6-8-14(20)9-7-13)12-18(27)24-19-15(21)4-3-5-16(19)22/h3-9H,2,10-12H2,1H3,(H,23,26)(H,24,27). The van der Waals surface area contributed by atoms with Crippen LogP contribution in [-0.4, -0.2) is 36.3 Å². The Morgan fingerprint density at radius 1 is 0.926 bits per heavy atom. The summed E-state index contributed by atoms with van der Waals surface area (Å²) in [6.07, 6.45) is 0. The fourth-order valence-electron chi connectivity index (χ4n) is 2.34. The molecule has 5 nitrogen and oxygen atoms in total. The van der Waals surface area contributed by atoms with Crippen molar-refractivity contribution in [3.05, 3.63) is 63.1 Å². The Balaban J connectivity index is 1.84. The van der Waals surface area contributed by atoms with E-state index in [1.807, 2.05) is 19.1 Å². The van der Waals surface area contributed by atoms with Crippen molar-refractivity contribution in [3.63, 3.8) is 0 Å². The van der Waals surface area contributed by atoms with E-state index in [0.29, 0.717) is 33.8 Å². The van der Waals surface area contributed by atoms with Gasteiger partial charge in [0, 0.05) is 11.6 Å². The van der Waals surface area contributed by atoms with Gasteiger partial charge in [0.2, 0.25) is 11.8 Å². The number of halogens is 3. The number of amides is 2. The van der Waals surface area contributed by atoms with Crippen LogP contribution >= 0.6 is 34.8 Å². The first-order valence-electron chi connectivity index (χ1n) is 8.36. The van der Waals surface area contributed by atoms with Gasteiger partial charge in [0.15, 0.2) is 0 Å². The number of nitrogens with one attached hydrogen (secondary N) is 2. The van der Waals surface area contributed by atoms with Crippen LogP contribution in [-0.2, 0) is 16.1 Å². The van der Waals surface area contributed by atoms with Crippen LogP contribution in [0, 0.1) is 0 Å². The molecule has 0 unspecified atom stereocenters. The average Bonchev–Trinajstić information content (AvgIpc) is 2.64. The van der Waals surface area contributed by atoms with Gasteiger partial charge >= 0.3 is 0 Å². The SMILES string of the molecule is CCN(CC(=O)NCc1ccc(Cl)cc1)CC(=O)Nc1c(Cl)cccc1Cl. The van der Waals surface area contributed by atoms with E-state index in [1.165, 1.54) is 0 Å². The van der Waals surface area contributed by atoms with Crippen LogP contribution in [0.15, 0.2) is 42.5 Å². The topological polar surface area (TPSA) is 61.4 Å². The Kier molecular flexibility index (Phi) is 8.38. The number of nitrogens with zero attached hydrogens (tertiary/aromatic N) is 1. The molecule has 0 aromatic heterocycles. The van der Waals surface area contributed by atoms with Gasteiger partial charge in [-0.3, -0.25) is 14.5 Å². The number of carbonyl (C=O) groups excluding carboxylic acids is 2. The summed E-state index contributed by atoms with van der Waals surface area (Å²) in [6, 6.07) is 12.2. The first-order chi connectivity index (χ1) is 12.9. The van der Waals surface area contributed by atoms with Crippen molar-refractivity contribution >= 4 is 52.3 Å². The number of hydrogen-bond acceptors (Lipinski definition) is 3. The van der Waals surface area contributed by atoms with Gasteiger partial charge in [0.1, 0.15) is 0 Å². The summed E-state index contributed by atoms with van der Waals surface area (Å²) in [5, 5.41) is 6.88. The van der Waals surface area contributed by atoms with Crippen molar-refractivity contribution < 1.29 is 9.59 Å². The summed E-state index contributed by atoms with van der Waals surface area (Å²) >= 11 is 17.9. The van der Waals surface area contributed by atoms with Crippen LogP contribution in [0.25, 0.3) is 0 Å². The highest BCUT2D eigenvalue weighted by molar-refractivity contribution is 6.39. The average molecular weight is 429 g/mol. The lowest BCUT2D eigenvalue weighted by Crippen LogP contribution is -2.40. The minimum Gasteiger partial charge on any atom is -0.351 e. The molecule has 0 heterocycles. The molecule has 8 heteroatoms. The quantitative estimate of drug-likeness (QED) is 0.661. The molecule has 2 aromatic carbocycles. The minimum absolute atomic E-state index is 0.0480. The molecule has 0 saturated carbocycles. The number of carbonyl (C=O) groups is 2. The maximum Gasteiger partial charge on any atom is 0.238 e. The molecule has 2 aromatic rings. The highest BCUT2D eigenvalue weighted by atomic mass is 35.5. The molecule has 0 saturated heterocycles. The number of anilines is 1. The van der Waals surface area contributed by atoms with Gasteiger partial charge < -0.3 is 10.6 Å². The van der Waals surface area contributed by atoms with Crippen LogP contribution in [0.2, 0.25) is 15.1 Å². The Bertz CT molecular complexity index is 777. The molecule has 0 aliphatic carbocycles. The monoisotopic (exact) mass is 427 g/mol. The smallest absolute Gasteiger partial charge is 0.238 e. The molecular formula is C19H20Cl3N3O2. The van der Waals surface area contributed by atoms with Crippen LogP contribution in [0.3, 0.4) is 0 Å². The van der Waals surface area contributed by atoms with Gasteiger partial charge in [-0.2, -0.15) is 0 Å². The van der Waals surface area contributed by atoms with E-state index in [9.17, 15) is 9.59 Å².